The molecule has 1 saturated carbocycles. The lowest BCUT2D eigenvalue weighted by molar-refractivity contribution is -0.118. The van der Waals surface area contributed by atoms with Crippen LogP contribution in [0.3, 0.4) is 0 Å². The maximum atomic E-state index is 11.0. The van der Waals surface area contributed by atoms with E-state index >= 15 is 0 Å². The number of fused-ring (bicyclic) bond motifs is 1. The van der Waals surface area contributed by atoms with E-state index in [1.165, 1.54) is 38.5 Å². The van der Waals surface area contributed by atoms with Gasteiger partial charge in [0, 0.05) is 32.5 Å². The highest BCUT2D eigenvalue weighted by molar-refractivity contribution is 7.71. The van der Waals surface area contributed by atoms with Gasteiger partial charge in [0.15, 0.2) is 4.77 Å². The first-order valence-corrected chi connectivity index (χ1v) is 9.12. The van der Waals surface area contributed by atoms with Crippen molar-refractivity contribution < 1.29 is 4.79 Å². The number of aryl methyl sites for hydroxylation is 1. The summed E-state index contributed by atoms with van der Waals surface area (Å²) in [6.07, 6.45) is 8.92. The molecule has 7 heteroatoms. The Morgan fingerprint density at radius 1 is 1.30 bits per heavy atom. The summed E-state index contributed by atoms with van der Waals surface area (Å²) < 4.78 is 4.55. The number of carbonyl (C=O) groups is 1. The van der Waals surface area contributed by atoms with Crippen molar-refractivity contribution in [1.82, 2.24) is 19.2 Å². The minimum atomic E-state index is -0.299. The summed E-state index contributed by atoms with van der Waals surface area (Å²) >= 11 is 5.53. The Morgan fingerprint density at radius 3 is 2.83 bits per heavy atom. The minimum absolute atomic E-state index is 0.299. The van der Waals surface area contributed by atoms with Crippen molar-refractivity contribution in [1.29, 1.82) is 0 Å². The van der Waals surface area contributed by atoms with Crippen LogP contribution in [-0.4, -0.2) is 37.7 Å². The highest BCUT2D eigenvalue weighted by atomic mass is 32.1. The molecule has 6 nitrogen and oxygen atoms in total. The lowest BCUT2D eigenvalue weighted by atomic mass is 9.78. The number of likely N-dealkylation sites (tertiary alicyclic amines) is 1. The molecule has 2 aliphatic rings. The van der Waals surface area contributed by atoms with E-state index in [1.807, 2.05) is 16.3 Å². The summed E-state index contributed by atoms with van der Waals surface area (Å²) in [6.45, 7) is 1.90. The van der Waals surface area contributed by atoms with Crippen LogP contribution in [-0.2, 0) is 24.9 Å². The number of nitrogens with zero attached hydrogens (tertiary/aromatic N) is 4. The molecule has 2 heterocycles. The van der Waals surface area contributed by atoms with E-state index in [-0.39, 0.29) is 5.91 Å². The number of rotatable bonds is 5. The Kier molecular flexibility index (Phi) is 5.16. The molecule has 2 unspecified atom stereocenters. The van der Waals surface area contributed by atoms with E-state index in [4.69, 9.17) is 18.0 Å². The Bertz CT molecular complexity index is 620. The lowest BCUT2D eigenvalue weighted by Crippen LogP contribution is -2.47. The van der Waals surface area contributed by atoms with E-state index in [1.54, 1.807) is 0 Å². The minimum Gasteiger partial charge on any atom is -0.370 e. The van der Waals surface area contributed by atoms with Gasteiger partial charge in [0.2, 0.25) is 5.91 Å². The molecule has 3 rings (SSSR count). The van der Waals surface area contributed by atoms with Gasteiger partial charge >= 0.3 is 0 Å². The molecule has 2 fully saturated rings. The van der Waals surface area contributed by atoms with Crippen molar-refractivity contribution in [2.45, 2.75) is 64.1 Å². The first-order chi connectivity index (χ1) is 11.1. The van der Waals surface area contributed by atoms with Gasteiger partial charge in [-0.15, -0.1) is 0 Å². The van der Waals surface area contributed by atoms with Crippen LogP contribution < -0.4 is 5.73 Å². The second-order valence-corrected chi connectivity index (χ2v) is 7.30. The first-order valence-electron chi connectivity index (χ1n) is 8.71. The molecule has 0 spiro atoms. The fourth-order valence-corrected chi connectivity index (χ4v) is 4.36. The van der Waals surface area contributed by atoms with Crippen LogP contribution in [0.5, 0.6) is 0 Å². The molecule has 23 heavy (non-hydrogen) atoms. The van der Waals surface area contributed by atoms with Crippen LogP contribution in [0.2, 0.25) is 0 Å². The maximum absolute atomic E-state index is 11.0. The molecule has 1 saturated heterocycles. The maximum Gasteiger partial charge on any atom is 0.217 e. The molecule has 0 bridgehead atoms. The topological polar surface area (TPSA) is 69.1 Å². The van der Waals surface area contributed by atoms with Gasteiger partial charge < -0.3 is 10.3 Å². The highest BCUT2D eigenvalue weighted by Crippen LogP contribution is 2.35. The molecule has 1 aliphatic heterocycles. The van der Waals surface area contributed by atoms with E-state index in [0.717, 1.165) is 29.7 Å². The van der Waals surface area contributed by atoms with Gasteiger partial charge in [-0.05, 0) is 43.8 Å². The molecule has 0 aromatic carbocycles. The molecular weight excluding hydrogens is 310 g/mol. The summed E-state index contributed by atoms with van der Waals surface area (Å²) in [6, 6.07) is 0.690. The third-order valence-corrected chi connectivity index (χ3v) is 5.88. The van der Waals surface area contributed by atoms with Crippen LogP contribution in [0.15, 0.2) is 0 Å². The van der Waals surface area contributed by atoms with Crippen LogP contribution in [0.25, 0.3) is 0 Å². The fraction of sp³-hybridized carbons (Fsp3) is 0.812. The van der Waals surface area contributed by atoms with Crippen molar-refractivity contribution in [2.75, 3.05) is 6.54 Å². The summed E-state index contributed by atoms with van der Waals surface area (Å²) in [4.78, 5) is 13.6. The SMILES string of the molecule is Cn1c(CCC(N)=O)nn(CN2CCCC3CCCCC32)c1=S. The Morgan fingerprint density at radius 2 is 2.04 bits per heavy atom. The normalized spacial score (nSPS) is 25.3. The van der Waals surface area contributed by atoms with Crippen LogP contribution in [0.4, 0.5) is 0 Å². The van der Waals surface area contributed by atoms with Gasteiger partial charge in [0.25, 0.3) is 0 Å². The van der Waals surface area contributed by atoms with Gasteiger partial charge in [0.05, 0.1) is 6.67 Å². The second kappa shape index (κ2) is 7.13. The van der Waals surface area contributed by atoms with Crippen molar-refractivity contribution in [3.63, 3.8) is 0 Å². The van der Waals surface area contributed by atoms with Crippen molar-refractivity contribution in [3.05, 3.63) is 10.6 Å². The predicted molar refractivity (Wildman–Crippen MR) is 91.2 cm³/mol. The van der Waals surface area contributed by atoms with E-state index < -0.39 is 0 Å². The predicted octanol–water partition coefficient (Wildman–Crippen LogP) is 1.98. The number of hydrogen-bond donors (Lipinski definition) is 1. The number of piperidine rings is 1. The zero-order valence-electron chi connectivity index (χ0n) is 13.9. The summed E-state index contributed by atoms with van der Waals surface area (Å²) in [7, 11) is 1.92. The number of aromatic nitrogens is 3. The number of hydrogen-bond acceptors (Lipinski definition) is 4. The molecule has 2 atom stereocenters. The van der Waals surface area contributed by atoms with Gasteiger partial charge in [0.1, 0.15) is 5.82 Å². The number of nitrogens with two attached hydrogens (primary N) is 1. The average molecular weight is 337 g/mol. The van der Waals surface area contributed by atoms with Crippen LogP contribution in [0.1, 0.15) is 50.8 Å². The molecule has 1 aromatic rings. The molecule has 1 amide bonds. The lowest BCUT2D eigenvalue weighted by Gasteiger charge is -2.43. The Hall–Kier alpha value is -1.21. The summed E-state index contributed by atoms with van der Waals surface area (Å²) in [5.74, 6) is 1.39. The first kappa shape index (κ1) is 16.6. The molecule has 1 aromatic heterocycles. The highest BCUT2D eigenvalue weighted by Gasteiger charge is 2.33. The van der Waals surface area contributed by atoms with E-state index in [9.17, 15) is 4.79 Å². The second-order valence-electron chi connectivity index (χ2n) is 6.93. The van der Waals surface area contributed by atoms with E-state index in [2.05, 4.69) is 10.00 Å². The smallest absolute Gasteiger partial charge is 0.217 e. The molecule has 128 valence electrons. The Labute approximate surface area is 142 Å². The third kappa shape index (κ3) is 3.66. The molecule has 0 radical (unpaired) electrons. The summed E-state index contributed by atoms with van der Waals surface area (Å²) in [5, 5.41) is 4.64. The zero-order valence-corrected chi connectivity index (χ0v) is 14.7. The quantitative estimate of drug-likeness (QED) is 0.834. The van der Waals surface area contributed by atoms with Crippen LogP contribution in [0, 0.1) is 10.7 Å². The number of amides is 1. The van der Waals surface area contributed by atoms with E-state index in [0.29, 0.717) is 18.9 Å². The van der Waals surface area contributed by atoms with Gasteiger partial charge in [-0.3, -0.25) is 9.69 Å². The average Bonchev–Trinajstić information content (AvgIpc) is 2.81. The largest absolute Gasteiger partial charge is 0.370 e. The molecule has 1 aliphatic carbocycles. The van der Waals surface area contributed by atoms with Crippen molar-refractivity contribution in [2.24, 2.45) is 18.7 Å². The monoisotopic (exact) mass is 337 g/mol. The van der Waals surface area contributed by atoms with Crippen molar-refractivity contribution >= 4 is 18.1 Å². The third-order valence-electron chi connectivity index (χ3n) is 5.40. The standard InChI is InChI=1S/C16H27N5OS/c1-19-15(9-8-14(17)22)18-21(16(19)23)11-20-10-4-6-12-5-2-3-7-13(12)20/h12-13H,2-11H2,1H3,(H2,17,22). The van der Waals surface area contributed by atoms with Gasteiger partial charge in [-0.25, -0.2) is 4.68 Å². The van der Waals surface area contributed by atoms with Crippen LogP contribution >= 0.6 is 12.2 Å². The van der Waals surface area contributed by atoms with Gasteiger partial charge in [-0.2, -0.15) is 5.10 Å². The number of carbonyl (C=O) groups excluding carboxylic acids is 1. The fourth-order valence-electron chi connectivity index (χ4n) is 4.15. The zero-order chi connectivity index (χ0) is 16.4. The van der Waals surface area contributed by atoms with Gasteiger partial charge in [-0.1, -0.05) is 12.8 Å². The summed E-state index contributed by atoms with van der Waals surface area (Å²) in [5.41, 5.74) is 5.24. The molecule has 2 N–H and O–H groups in total. The molecular formula is C16H27N5OS. The number of primary amides is 1. The Balaban J connectivity index is 1.73. The van der Waals surface area contributed by atoms with Crippen molar-refractivity contribution in [3.8, 4) is 0 Å².